The molecule has 0 aliphatic carbocycles. The lowest BCUT2D eigenvalue weighted by atomic mass is 10.1. The molecule has 0 unspecified atom stereocenters. The van der Waals surface area contributed by atoms with E-state index in [0.29, 0.717) is 12.6 Å². The van der Waals surface area contributed by atoms with E-state index < -0.39 is 0 Å². The summed E-state index contributed by atoms with van der Waals surface area (Å²) >= 11 is 1.66. The summed E-state index contributed by atoms with van der Waals surface area (Å²) in [5.41, 5.74) is 0.940. The zero-order chi connectivity index (χ0) is 16.2. The van der Waals surface area contributed by atoms with Gasteiger partial charge in [-0.05, 0) is 36.4 Å². The van der Waals surface area contributed by atoms with Crippen LogP contribution in [0.25, 0.3) is 10.6 Å². The molecule has 7 heteroatoms. The molecule has 124 valence electrons. The van der Waals surface area contributed by atoms with E-state index in [1.807, 2.05) is 35.7 Å². The van der Waals surface area contributed by atoms with Crippen LogP contribution < -0.4 is 10.2 Å². The van der Waals surface area contributed by atoms with Gasteiger partial charge in [-0.15, -0.1) is 16.4 Å². The molecule has 24 heavy (non-hydrogen) atoms. The summed E-state index contributed by atoms with van der Waals surface area (Å²) in [6, 6.07) is 10.4. The number of aromatic nitrogens is 3. The monoisotopic (exact) mass is 341 g/mol. The maximum absolute atomic E-state index is 5.43. The molecule has 0 spiro atoms. The molecule has 4 rings (SSSR count). The summed E-state index contributed by atoms with van der Waals surface area (Å²) < 4.78 is 5.43. The van der Waals surface area contributed by atoms with E-state index in [9.17, 15) is 0 Å². The number of thiophene rings is 1. The van der Waals surface area contributed by atoms with E-state index in [1.165, 1.54) is 0 Å². The molecule has 1 fully saturated rings. The van der Waals surface area contributed by atoms with Crippen LogP contribution in [0, 0.1) is 0 Å². The molecular formula is C17H19N5OS. The second-order valence-corrected chi connectivity index (χ2v) is 6.86. The number of nitrogens with one attached hydrogen (secondary N) is 1. The van der Waals surface area contributed by atoms with E-state index in [2.05, 4.69) is 25.6 Å². The third-order valence-electron chi connectivity index (χ3n) is 4.20. The Morgan fingerprint density at radius 1 is 1.33 bits per heavy atom. The van der Waals surface area contributed by atoms with E-state index in [0.717, 1.165) is 48.1 Å². The lowest BCUT2D eigenvalue weighted by molar-refractivity contribution is 0.395. The van der Waals surface area contributed by atoms with Gasteiger partial charge in [0.1, 0.15) is 0 Å². The van der Waals surface area contributed by atoms with Crippen LogP contribution in [0.3, 0.4) is 0 Å². The molecule has 0 bridgehead atoms. The van der Waals surface area contributed by atoms with Crippen molar-refractivity contribution in [2.24, 2.45) is 0 Å². The maximum Gasteiger partial charge on any atom is 0.177 e. The Morgan fingerprint density at radius 2 is 2.33 bits per heavy atom. The van der Waals surface area contributed by atoms with Crippen LogP contribution in [-0.2, 0) is 6.54 Å². The lowest BCUT2D eigenvalue weighted by Crippen LogP contribution is -2.45. The average molecular weight is 341 g/mol. The van der Waals surface area contributed by atoms with Crippen molar-refractivity contribution >= 4 is 17.2 Å². The standard InChI is InChI=1S/C17H19N5OS/c1-6-17(20-19-7-1)22-8-2-4-13(12-22)18-11-14-10-15(23-21-14)16-5-3-9-24-16/h1,3,5-7,9-10,13,18H,2,4,8,11-12H2/t13-/m1/s1. The minimum absolute atomic E-state index is 0.419. The lowest BCUT2D eigenvalue weighted by Gasteiger charge is -2.33. The van der Waals surface area contributed by atoms with E-state index in [4.69, 9.17) is 4.52 Å². The molecule has 4 heterocycles. The van der Waals surface area contributed by atoms with Crippen molar-refractivity contribution in [2.75, 3.05) is 18.0 Å². The van der Waals surface area contributed by atoms with Gasteiger partial charge in [0.15, 0.2) is 11.6 Å². The van der Waals surface area contributed by atoms with Crippen molar-refractivity contribution in [2.45, 2.75) is 25.4 Å². The number of nitrogens with zero attached hydrogens (tertiary/aromatic N) is 4. The Labute approximate surface area is 144 Å². The zero-order valence-electron chi connectivity index (χ0n) is 13.3. The molecule has 1 saturated heterocycles. The normalized spacial score (nSPS) is 18.0. The second kappa shape index (κ2) is 7.11. The highest BCUT2D eigenvalue weighted by molar-refractivity contribution is 7.13. The molecule has 0 aromatic carbocycles. The van der Waals surface area contributed by atoms with Crippen molar-refractivity contribution in [3.05, 3.63) is 47.6 Å². The Morgan fingerprint density at radius 3 is 3.17 bits per heavy atom. The van der Waals surface area contributed by atoms with Gasteiger partial charge in [-0.3, -0.25) is 0 Å². The van der Waals surface area contributed by atoms with Gasteiger partial charge >= 0.3 is 0 Å². The average Bonchev–Trinajstić information content (AvgIpc) is 3.32. The molecule has 0 saturated carbocycles. The Kier molecular flexibility index (Phi) is 4.53. The summed E-state index contributed by atoms with van der Waals surface area (Å²) in [6.45, 7) is 2.69. The van der Waals surface area contributed by atoms with Crippen LogP contribution in [0.15, 0.2) is 46.4 Å². The first-order valence-electron chi connectivity index (χ1n) is 8.14. The highest BCUT2D eigenvalue weighted by Gasteiger charge is 2.21. The summed E-state index contributed by atoms with van der Waals surface area (Å²) in [4.78, 5) is 3.40. The van der Waals surface area contributed by atoms with Gasteiger partial charge < -0.3 is 14.7 Å². The highest BCUT2D eigenvalue weighted by Crippen LogP contribution is 2.25. The fourth-order valence-corrected chi connectivity index (χ4v) is 3.67. The van der Waals surface area contributed by atoms with Crippen molar-refractivity contribution in [3.8, 4) is 10.6 Å². The van der Waals surface area contributed by atoms with E-state index >= 15 is 0 Å². The summed E-state index contributed by atoms with van der Waals surface area (Å²) in [5.74, 6) is 1.79. The maximum atomic E-state index is 5.43. The quantitative estimate of drug-likeness (QED) is 0.769. The first kappa shape index (κ1) is 15.3. The molecule has 0 amide bonds. The van der Waals surface area contributed by atoms with E-state index in [1.54, 1.807) is 17.5 Å². The molecule has 3 aromatic rings. The van der Waals surface area contributed by atoms with Crippen LogP contribution in [-0.4, -0.2) is 34.5 Å². The van der Waals surface area contributed by atoms with Gasteiger partial charge in [0.25, 0.3) is 0 Å². The van der Waals surface area contributed by atoms with Gasteiger partial charge in [-0.2, -0.15) is 5.10 Å². The van der Waals surface area contributed by atoms with Crippen LogP contribution in [0.4, 0.5) is 5.82 Å². The second-order valence-electron chi connectivity index (χ2n) is 5.91. The van der Waals surface area contributed by atoms with Crippen molar-refractivity contribution < 1.29 is 4.52 Å². The van der Waals surface area contributed by atoms with Gasteiger partial charge in [-0.25, -0.2) is 0 Å². The zero-order valence-corrected chi connectivity index (χ0v) is 14.1. The summed E-state index contributed by atoms with van der Waals surface area (Å²) in [5, 5.41) is 18.0. The number of rotatable bonds is 5. The number of hydrogen-bond acceptors (Lipinski definition) is 7. The van der Waals surface area contributed by atoms with Gasteiger partial charge in [0.2, 0.25) is 0 Å². The number of hydrogen-bond donors (Lipinski definition) is 1. The van der Waals surface area contributed by atoms with Gasteiger partial charge in [0.05, 0.1) is 10.6 Å². The molecular weight excluding hydrogens is 322 g/mol. The summed E-state index contributed by atoms with van der Waals surface area (Å²) in [7, 11) is 0. The molecule has 3 aromatic heterocycles. The summed E-state index contributed by atoms with van der Waals surface area (Å²) in [6.07, 6.45) is 4.01. The predicted molar refractivity (Wildman–Crippen MR) is 93.9 cm³/mol. The first-order chi connectivity index (χ1) is 11.9. The number of anilines is 1. The fraction of sp³-hybridized carbons (Fsp3) is 0.353. The largest absolute Gasteiger partial charge is 0.355 e. The highest BCUT2D eigenvalue weighted by atomic mass is 32.1. The van der Waals surface area contributed by atoms with Crippen molar-refractivity contribution in [3.63, 3.8) is 0 Å². The first-order valence-corrected chi connectivity index (χ1v) is 9.02. The topological polar surface area (TPSA) is 67.1 Å². The number of piperidine rings is 1. The molecule has 1 aliphatic heterocycles. The predicted octanol–water partition coefficient (Wildman–Crippen LogP) is 2.95. The van der Waals surface area contributed by atoms with Gasteiger partial charge in [-0.1, -0.05) is 11.2 Å². The van der Waals surface area contributed by atoms with Crippen LogP contribution in [0.2, 0.25) is 0 Å². The van der Waals surface area contributed by atoms with Crippen LogP contribution >= 0.6 is 11.3 Å². The fourth-order valence-electron chi connectivity index (χ4n) is 2.99. The Hall–Kier alpha value is -2.25. The molecule has 1 atom stereocenters. The smallest absolute Gasteiger partial charge is 0.177 e. The minimum Gasteiger partial charge on any atom is -0.355 e. The van der Waals surface area contributed by atoms with E-state index in [-0.39, 0.29) is 0 Å². The van der Waals surface area contributed by atoms with Crippen molar-refractivity contribution in [1.29, 1.82) is 0 Å². The molecule has 6 nitrogen and oxygen atoms in total. The van der Waals surface area contributed by atoms with Crippen LogP contribution in [0.1, 0.15) is 18.5 Å². The minimum atomic E-state index is 0.419. The molecule has 1 N–H and O–H groups in total. The molecule has 1 aliphatic rings. The Bertz CT molecular complexity index is 758. The third-order valence-corrected chi connectivity index (χ3v) is 5.08. The molecule has 0 radical (unpaired) electrons. The SMILES string of the molecule is c1cnnc(N2CCC[C@@H](NCc3cc(-c4cccs4)on3)C2)c1. The van der Waals surface area contributed by atoms with Gasteiger partial charge in [0, 0.05) is 37.9 Å². The Balaban J connectivity index is 1.34. The third kappa shape index (κ3) is 3.47. The van der Waals surface area contributed by atoms with Crippen molar-refractivity contribution in [1.82, 2.24) is 20.7 Å². The van der Waals surface area contributed by atoms with Crippen LogP contribution in [0.5, 0.6) is 0 Å².